The summed E-state index contributed by atoms with van der Waals surface area (Å²) in [6.07, 6.45) is 1.46. The Balaban J connectivity index is 1.61. The van der Waals surface area contributed by atoms with E-state index in [2.05, 4.69) is 47.6 Å². The maximum Gasteiger partial charge on any atom is 0.293 e. The molecule has 0 radical (unpaired) electrons. The summed E-state index contributed by atoms with van der Waals surface area (Å²) in [6.45, 7) is 4.19. The first-order chi connectivity index (χ1) is 11.1. The number of hydrogen-bond acceptors (Lipinski definition) is 6. The highest BCUT2D eigenvalue weighted by atomic mass is 32.2. The van der Waals surface area contributed by atoms with E-state index < -0.39 is 0 Å². The van der Waals surface area contributed by atoms with Gasteiger partial charge in [-0.05, 0) is 37.1 Å². The molecule has 3 aromatic rings. The predicted octanol–water partition coefficient (Wildman–Crippen LogP) is 4.29. The third-order valence-corrected chi connectivity index (χ3v) is 5.25. The molecule has 7 heteroatoms. The van der Waals surface area contributed by atoms with E-state index >= 15 is 0 Å². The zero-order valence-corrected chi connectivity index (χ0v) is 14.3. The summed E-state index contributed by atoms with van der Waals surface area (Å²) in [5.74, 6) is 0.760. The molecule has 23 heavy (non-hydrogen) atoms. The molecule has 0 fully saturated rings. The number of aromatic nitrogens is 2. The first kappa shape index (κ1) is 15.8. The van der Waals surface area contributed by atoms with Crippen LogP contribution in [0.5, 0.6) is 0 Å². The summed E-state index contributed by atoms with van der Waals surface area (Å²) in [7, 11) is 0. The Bertz CT molecular complexity index is 813. The number of benzene rings is 1. The number of anilines is 1. The van der Waals surface area contributed by atoms with Crippen molar-refractivity contribution in [1.82, 2.24) is 10.2 Å². The molecule has 2 heterocycles. The Morgan fingerprint density at radius 2 is 2.17 bits per heavy atom. The first-order valence-corrected chi connectivity index (χ1v) is 8.79. The van der Waals surface area contributed by atoms with Gasteiger partial charge in [0.25, 0.3) is 5.91 Å². The minimum absolute atomic E-state index is 0.254. The summed E-state index contributed by atoms with van der Waals surface area (Å²) in [5.41, 5.74) is 3.79. The third-order valence-electron chi connectivity index (χ3n) is 3.23. The lowest BCUT2D eigenvalue weighted by atomic mass is 10.1. The molecule has 0 bridgehead atoms. The fraction of sp³-hybridized carbons (Fsp3) is 0.188. The average molecular weight is 345 g/mol. The fourth-order valence-corrected chi connectivity index (χ4v) is 3.79. The van der Waals surface area contributed by atoms with E-state index in [1.165, 1.54) is 34.3 Å². The minimum atomic E-state index is -0.322. The number of nitrogens with zero attached hydrogens (tertiary/aromatic N) is 2. The number of thioether (sulfide) groups is 1. The molecule has 2 aromatic heterocycles. The van der Waals surface area contributed by atoms with Gasteiger partial charge in [-0.15, -0.1) is 10.2 Å². The van der Waals surface area contributed by atoms with Crippen molar-refractivity contribution in [2.75, 3.05) is 5.32 Å². The van der Waals surface area contributed by atoms with Crippen molar-refractivity contribution in [3.8, 4) is 0 Å². The van der Waals surface area contributed by atoms with E-state index in [9.17, 15) is 4.79 Å². The van der Waals surface area contributed by atoms with Crippen molar-refractivity contribution in [3.63, 3.8) is 0 Å². The van der Waals surface area contributed by atoms with Crippen LogP contribution in [0.1, 0.15) is 27.2 Å². The number of nitrogens with one attached hydrogen (secondary N) is 1. The van der Waals surface area contributed by atoms with Crippen molar-refractivity contribution >= 4 is 34.1 Å². The van der Waals surface area contributed by atoms with Crippen LogP contribution in [0.15, 0.2) is 45.4 Å². The minimum Gasteiger partial charge on any atom is -0.459 e. The zero-order valence-electron chi connectivity index (χ0n) is 12.7. The molecule has 0 unspecified atom stereocenters. The van der Waals surface area contributed by atoms with Gasteiger partial charge in [-0.2, -0.15) is 0 Å². The van der Waals surface area contributed by atoms with Crippen LogP contribution in [0.4, 0.5) is 5.13 Å². The Morgan fingerprint density at radius 1 is 1.30 bits per heavy atom. The number of furan rings is 1. The normalized spacial score (nSPS) is 10.7. The molecule has 0 atom stereocenters. The van der Waals surface area contributed by atoms with Crippen molar-refractivity contribution in [1.29, 1.82) is 0 Å². The van der Waals surface area contributed by atoms with Crippen molar-refractivity contribution in [2.24, 2.45) is 0 Å². The van der Waals surface area contributed by atoms with E-state index in [-0.39, 0.29) is 11.7 Å². The van der Waals surface area contributed by atoms with Gasteiger partial charge in [0.2, 0.25) is 5.13 Å². The number of aryl methyl sites for hydroxylation is 2. The van der Waals surface area contributed by atoms with Gasteiger partial charge < -0.3 is 4.42 Å². The molecule has 1 amide bonds. The van der Waals surface area contributed by atoms with Gasteiger partial charge in [0.15, 0.2) is 10.1 Å². The Kier molecular flexibility index (Phi) is 4.78. The summed E-state index contributed by atoms with van der Waals surface area (Å²) in [4.78, 5) is 11.9. The lowest BCUT2D eigenvalue weighted by molar-refractivity contribution is 0.0996. The Hall–Kier alpha value is -2.12. The molecule has 1 N–H and O–H groups in total. The molecule has 3 rings (SSSR count). The van der Waals surface area contributed by atoms with Crippen LogP contribution in [-0.4, -0.2) is 16.1 Å². The molecule has 0 aliphatic rings. The molecular weight excluding hydrogens is 330 g/mol. The smallest absolute Gasteiger partial charge is 0.293 e. The predicted molar refractivity (Wildman–Crippen MR) is 92.0 cm³/mol. The maximum absolute atomic E-state index is 11.9. The number of rotatable bonds is 5. The lowest BCUT2D eigenvalue weighted by Crippen LogP contribution is -2.10. The van der Waals surface area contributed by atoms with E-state index in [0.717, 1.165) is 10.1 Å². The van der Waals surface area contributed by atoms with Crippen molar-refractivity contribution in [2.45, 2.75) is 23.9 Å². The van der Waals surface area contributed by atoms with Crippen LogP contribution in [0.25, 0.3) is 0 Å². The van der Waals surface area contributed by atoms with Gasteiger partial charge in [-0.3, -0.25) is 10.1 Å². The summed E-state index contributed by atoms with van der Waals surface area (Å²) >= 11 is 2.97. The van der Waals surface area contributed by atoms with Gasteiger partial charge in [0.1, 0.15) is 0 Å². The molecular formula is C16H15N3O2S2. The number of amides is 1. The molecule has 5 nitrogen and oxygen atoms in total. The number of hydrogen-bond donors (Lipinski definition) is 1. The molecule has 0 aliphatic heterocycles. The molecule has 0 saturated carbocycles. The first-order valence-electron chi connectivity index (χ1n) is 6.99. The number of carbonyl (C=O) groups is 1. The monoisotopic (exact) mass is 345 g/mol. The van der Waals surface area contributed by atoms with E-state index in [4.69, 9.17) is 4.42 Å². The SMILES string of the molecule is Cc1ccc(C)c(CSc2nnc(NC(=O)c3ccco3)s2)c1. The van der Waals surface area contributed by atoms with Crippen molar-refractivity contribution < 1.29 is 9.21 Å². The lowest BCUT2D eigenvalue weighted by Gasteiger charge is -2.05. The van der Waals surface area contributed by atoms with Crippen LogP contribution in [0.2, 0.25) is 0 Å². The van der Waals surface area contributed by atoms with Gasteiger partial charge in [-0.1, -0.05) is 46.9 Å². The number of carbonyl (C=O) groups excluding carboxylic acids is 1. The summed E-state index contributed by atoms with van der Waals surface area (Å²) < 4.78 is 5.86. The zero-order chi connectivity index (χ0) is 16.2. The second-order valence-corrected chi connectivity index (χ2v) is 7.22. The molecule has 118 valence electrons. The summed E-state index contributed by atoms with van der Waals surface area (Å²) in [6, 6.07) is 9.69. The van der Waals surface area contributed by atoms with Crippen LogP contribution < -0.4 is 5.32 Å². The standard InChI is InChI=1S/C16H15N3O2S2/c1-10-5-6-11(2)12(8-10)9-22-16-19-18-15(23-16)17-14(20)13-4-3-7-21-13/h3-8H,9H2,1-2H3,(H,17,18,20). The van der Waals surface area contributed by atoms with Gasteiger partial charge in [0.05, 0.1) is 6.26 Å². The topological polar surface area (TPSA) is 68.0 Å². The van der Waals surface area contributed by atoms with Crippen LogP contribution in [0, 0.1) is 13.8 Å². The Labute approximate surface area is 142 Å². The van der Waals surface area contributed by atoms with E-state index in [0.29, 0.717) is 5.13 Å². The average Bonchev–Trinajstić information content (AvgIpc) is 3.19. The van der Waals surface area contributed by atoms with Gasteiger partial charge in [0, 0.05) is 5.75 Å². The van der Waals surface area contributed by atoms with Gasteiger partial charge in [-0.25, -0.2) is 0 Å². The highest BCUT2D eigenvalue weighted by Gasteiger charge is 2.12. The second kappa shape index (κ2) is 6.97. The maximum atomic E-state index is 11.9. The fourth-order valence-electron chi connectivity index (χ4n) is 1.98. The molecule has 0 saturated heterocycles. The molecule has 0 spiro atoms. The van der Waals surface area contributed by atoms with Crippen LogP contribution in [-0.2, 0) is 5.75 Å². The van der Waals surface area contributed by atoms with Crippen LogP contribution >= 0.6 is 23.1 Å². The third kappa shape index (κ3) is 4.00. The summed E-state index contributed by atoms with van der Waals surface area (Å²) in [5, 5.41) is 11.2. The van der Waals surface area contributed by atoms with Crippen LogP contribution in [0.3, 0.4) is 0 Å². The highest BCUT2D eigenvalue weighted by molar-refractivity contribution is 8.00. The quantitative estimate of drug-likeness (QED) is 0.552. The van der Waals surface area contributed by atoms with Gasteiger partial charge >= 0.3 is 0 Å². The van der Waals surface area contributed by atoms with Crippen molar-refractivity contribution in [3.05, 3.63) is 59.0 Å². The Morgan fingerprint density at radius 3 is 2.96 bits per heavy atom. The van der Waals surface area contributed by atoms with E-state index in [1.807, 2.05) is 0 Å². The highest BCUT2D eigenvalue weighted by Crippen LogP contribution is 2.29. The molecule has 1 aromatic carbocycles. The van der Waals surface area contributed by atoms with E-state index in [1.54, 1.807) is 23.9 Å². The largest absolute Gasteiger partial charge is 0.459 e. The molecule has 0 aliphatic carbocycles. The second-order valence-electron chi connectivity index (χ2n) is 5.02.